The van der Waals surface area contributed by atoms with Crippen molar-refractivity contribution in [1.29, 1.82) is 0 Å². The van der Waals surface area contributed by atoms with Gasteiger partial charge in [-0.15, -0.1) is 11.3 Å². The molecule has 0 unspecified atom stereocenters. The van der Waals surface area contributed by atoms with Gasteiger partial charge in [0.2, 0.25) is 5.13 Å². The molecule has 2 aromatic heterocycles. The van der Waals surface area contributed by atoms with Gasteiger partial charge >= 0.3 is 0 Å². The van der Waals surface area contributed by atoms with Gasteiger partial charge in [0, 0.05) is 17.0 Å². The van der Waals surface area contributed by atoms with E-state index in [1.165, 1.54) is 29.7 Å². The Morgan fingerprint density at radius 2 is 2.19 bits per heavy atom. The molecule has 3 aromatic rings. The Hall–Kier alpha value is -2.54. The number of halogens is 2. The summed E-state index contributed by atoms with van der Waals surface area (Å²) in [6.07, 6.45) is 3.04. The van der Waals surface area contributed by atoms with Gasteiger partial charge in [0.1, 0.15) is 17.4 Å². The predicted octanol–water partition coefficient (Wildman–Crippen LogP) is 4.13. The minimum absolute atomic E-state index is 0.246. The molecule has 7 heteroatoms. The van der Waals surface area contributed by atoms with E-state index in [1.807, 2.05) is 0 Å². The highest BCUT2D eigenvalue weighted by Crippen LogP contribution is 2.27. The first-order valence-corrected chi connectivity index (χ1v) is 6.84. The molecule has 1 N–H and O–H groups in total. The number of rotatable bonds is 4. The van der Waals surface area contributed by atoms with Gasteiger partial charge in [-0.05, 0) is 24.3 Å². The van der Waals surface area contributed by atoms with Gasteiger partial charge in [0.25, 0.3) is 0 Å². The van der Waals surface area contributed by atoms with E-state index in [0.717, 1.165) is 6.07 Å². The third kappa shape index (κ3) is 3.14. The van der Waals surface area contributed by atoms with Gasteiger partial charge in [0.05, 0.1) is 18.2 Å². The van der Waals surface area contributed by atoms with Gasteiger partial charge in [-0.2, -0.15) is 5.10 Å². The summed E-state index contributed by atoms with van der Waals surface area (Å²) in [5, 5.41) is 6.12. The molecule has 0 atom stereocenters. The second-order valence-corrected chi connectivity index (χ2v) is 4.91. The first-order valence-electron chi connectivity index (χ1n) is 5.96. The lowest BCUT2D eigenvalue weighted by molar-refractivity contribution is 0.560. The zero-order valence-corrected chi connectivity index (χ0v) is 11.4. The fraction of sp³-hybridized carbons (Fsp3) is 0. The lowest BCUT2D eigenvalue weighted by atomic mass is 10.1. The first kappa shape index (κ1) is 13.4. The Kier molecular flexibility index (Phi) is 3.74. The van der Waals surface area contributed by atoms with Crippen LogP contribution in [-0.4, -0.2) is 11.2 Å². The van der Waals surface area contributed by atoms with Crippen molar-refractivity contribution < 1.29 is 13.2 Å². The molecule has 0 aliphatic heterocycles. The smallest absolute Gasteiger partial charge is 0.203 e. The van der Waals surface area contributed by atoms with E-state index in [-0.39, 0.29) is 5.56 Å². The zero-order chi connectivity index (χ0) is 14.7. The maximum absolute atomic E-state index is 13.6. The second kappa shape index (κ2) is 5.84. The van der Waals surface area contributed by atoms with Crippen LogP contribution in [0.3, 0.4) is 0 Å². The fourth-order valence-electron chi connectivity index (χ4n) is 1.66. The fourth-order valence-corrected chi connectivity index (χ4v) is 2.32. The van der Waals surface area contributed by atoms with Crippen LogP contribution in [0.1, 0.15) is 5.76 Å². The van der Waals surface area contributed by atoms with E-state index in [9.17, 15) is 8.78 Å². The van der Waals surface area contributed by atoms with E-state index in [0.29, 0.717) is 16.6 Å². The summed E-state index contributed by atoms with van der Waals surface area (Å²) in [4.78, 5) is 4.19. The minimum atomic E-state index is -0.647. The minimum Gasteiger partial charge on any atom is -0.463 e. The number of hydrogen-bond donors (Lipinski definition) is 1. The van der Waals surface area contributed by atoms with Crippen LogP contribution in [0, 0.1) is 11.6 Å². The van der Waals surface area contributed by atoms with Gasteiger partial charge in [0.15, 0.2) is 0 Å². The molecule has 2 heterocycles. The topological polar surface area (TPSA) is 50.4 Å². The standard InChI is InChI=1S/C14H9F2N3OS/c15-9-3-4-11(12(16)6-9)13-8-21-14(18-13)19-17-7-10-2-1-5-20-10/h1-8H,(H,18,19)/b17-7-. The van der Waals surface area contributed by atoms with Crippen molar-refractivity contribution in [3.8, 4) is 11.3 Å². The van der Waals surface area contributed by atoms with Gasteiger partial charge in [-0.1, -0.05) is 0 Å². The molecule has 21 heavy (non-hydrogen) atoms. The first-order chi connectivity index (χ1) is 10.2. The normalized spacial score (nSPS) is 11.1. The number of thiazole rings is 1. The number of anilines is 1. The van der Waals surface area contributed by atoms with Crippen molar-refractivity contribution >= 4 is 22.7 Å². The van der Waals surface area contributed by atoms with Crippen LogP contribution in [0.5, 0.6) is 0 Å². The number of furan rings is 1. The van der Waals surface area contributed by atoms with E-state index >= 15 is 0 Å². The predicted molar refractivity (Wildman–Crippen MR) is 77.4 cm³/mol. The monoisotopic (exact) mass is 305 g/mol. The highest BCUT2D eigenvalue weighted by molar-refractivity contribution is 7.14. The second-order valence-electron chi connectivity index (χ2n) is 4.05. The van der Waals surface area contributed by atoms with Crippen LogP contribution in [0.15, 0.2) is 51.5 Å². The van der Waals surface area contributed by atoms with Crippen molar-refractivity contribution in [2.75, 3.05) is 5.43 Å². The number of hydrazone groups is 1. The van der Waals surface area contributed by atoms with Crippen LogP contribution in [0.4, 0.5) is 13.9 Å². The zero-order valence-electron chi connectivity index (χ0n) is 10.6. The molecule has 0 aliphatic rings. The van der Waals surface area contributed by atoms with Crippen molar-refractivity contribution in [3.63, 3.8) is 0 Å². The summed E-state index contributed by atoms with van der Waals surface area (Å²) in [7, 11) is 0. The average Bonchev–Trinajstić information content (AvgIpc) is 3.10. The molecule has 0 spiro atoms. The average molecular weight is 305 g/mol. The summed E-state index contributed by atoms with van der Waals surface area (Å²) < 4.78 is 31.6. The van der Waals surface area contributed by atoms with Crippen molar-refractivity contribution in [2.45, 2.75) is 0 Å². The summed E-state index contributed by atoms with van der Waals surface area (Å²) >= 11 is 1.27. The van der Waals surface area contributed by atoms with Crippen LogP contribution in [0.2, 0.25) is 0 Å². The Bertz CT molecular complexity index is 768. The molecule has 4 nitrogen and oxygen atoms in total. The van der Waals surface area contributed by atoms with Crippen molar-refractivity contribution in [2.24, 2.45) is 5.10 Å². The third-order valence-corrected chi connectivity index (χ3v) is 3.35. The molecule has 0 bridgehead atoms. The highest BCUT2D eigenvalue weighted by Gasteiger charge is 2.10. The number of benzene rings is 1. The summed E-state index contributed by atoms with van der Waals surface area (Å²) in [5.41, 5.74) is 3.39. The van der Waals surface area contributed by atoms with E-state index in [1.54, 1.807) is 23.8 Å². The Morgan fingerprint density at radius 3 is 2.95 bits per heavy atom. The molecule has 1 aromatic carbocycles. The third-order valence-electron chi connectivity index (χ3n) is 2.61. The molecular formula is C14H9F2N3OS. The molecular weight excluding hydrogens is 296 g/mol. The van der Waals surface area contributed by atoms with E-state index in [2.05, 4.69) is 15.5 Å². The number of aromatic nitrogens is 1. The van der Waals surface area contributed by atoms with Gasteiger partial charge < -0.3 is 4.42 Å². The quantitative estimate of drug-likeness (QED) is 0.582. The Labute approximate surface area is 122 Å². The number of hydrogen-bond acceptors (Lipinski definition) is 5. The molecule has 0 amide bonds. The lowest BCUT2D eigenvalue weighted by Crippen LogP contribution is -1.90. The van der Waals surface area contributed by atoms with Crippen LogP contribution in [0.25, 0.3) is 11.3 Å². The molecule has 0 fully saturated rings. The Morgan fingerprint density at radius 1 is 1.29 bits per heavy atom. The number of nitrogens with one attached hydrogen (secondary N) is 1. The largest absolute Gasteiger partial charge is 0.463 e. The van der Waals surface area contributed by atoms with Crippen LogP contribution >= 0.6 is 11.3 Å². The molecule has 3 rings (SSSR count). The lowest BCUT2D eigenvalue weighted by Gasteiger charge is -1.98. The molecule has 0 saturated carbocycles. The summed E-state index contributed by atoms with van der Waals surface area (Å²) in [6.45, 7) is 0. The Balaban J connectivity index is 1.74. The van der Waals surface area contributed by atoms with E-state index < -0.39 is 11.6 Å². The van der Waals surface area contributed by atoms with Gasteiger partial charge in [-0.25, -0.2) is 13.8 Å². The molecule has 106 valence electrons. The summed E-state index contributed by atoms with van der Waals surface area (Å²) in [6, 6.07) is 6.89. The summed E-state index contributed by atoms with van der Waals surface area (Å²) in [5.74, 6) is -0.664. The maximum Gasteiger partial charge on any atom is 0.203 e. The maximum atomic E-state index is 13.6. The van der Waals surface area contributed by atoms with Crippen LogP contribution < -0.4 is 5.43 Å². The molecule has 0 radical (unpaired) electrons. The van der Waals surface area contributed by atoms with Gasteiger partial charge in [-0.3, -0.25) is 5.43 Å². The molecule has 0 aliphatic carbocycles. The van der Waals surface area contributed by atoms with Crippen LogP contribution in [-0.2, 0) is 0 Å². The van der Waals surface area contributed by atoms with Crippen molar-refractivity contribution in [1.82, 2.24) is 4.98 Å². The SMILES string of the molecule is Fc1ccc(-c2csc(N/N=C\c3ccco3)n2)c(F)c1. The number of nitrogens with zero attached hydrogens (tertiary/aromatic N) is 2. The highest BCUT2D eigenvalue weighted by atomic mass is 32.1. The molecule has 0 saturated heterocycles. The van der Waals surface area contributed by atoms with Crippen molar-refractivity contribution in [3.05, 3.63) is 59.4 Å². The van der Waals surface area contributed by atoms with E-state index in [4.69, 9.17) is 4.42 Å².